The van der Waals surface area contributed by atoms with Crippen molar-refractivity contribution in [3.05, 3.63) is 29.8 Å². The Bertz CT molecular complexity index is 501. The van der Waals surface area contributed by atoms with Crippen LogP contribution >= 0.6 is 12.2 Å². The van der Waals surface area contributed by atoms with Crippen LogP contribution in [0.3, 0.4) is 0 Å². The van der Waals surface area contributed by atoms with Gasteiger partial charge in [-0.3, -0.25) is 4.79 Å². The van der Waals surface area contributed by atoms with Gasteiger partial charge >= 0.3 is 0 Å². The van der Waals surface area contributed by atoms with Crippen LogP contribution in [0.5, 0.6) is 5.75 Å². The van der Waals surface area contributed by atoms with E-state index in [0.717, 1.165) is 25.9 Å². The zero-order valence-corrected chi connectivity index (χ0v) is 12.7. The highest BCUT2D eigenvalue weighted by Gasteiger charge is 2.15. The van der Waals surface area contributed by atoms with Crippen molar-refractivity contribution < 1.29 is 14.3 Å². The summed E-state index contributed by atoms with van der Waals surface area (Å²) in [4.78, 5) is 12.0. The lowest BCUT2D eigenvalue weighted by Crippen LogP contribution is -2.31. The third kappa shape index (κ3) is 4.99. The van der Waals surface area contributed by atoms with Crippen molar-refractivity contribution in [3.63, 3.8) is 0 Å². The van der Waals surface area contributed by atoms with Gasteiger partial charge in [0.25, 0.3) is 5.91 Å². The fourth-order valence-corrected chi connectivity index (χ4v) is 2.40. The minimum atomic E-state index is -0.161. The molecule has 1 atom stereocenters. The maximum absolute atomic E-state index is 11.7. The Morgan fingerprint density at radius 2 is 2.29 bits per heavy atom. The summed E-state index contributed by atoms with van der Waals surface area (Å²) >= 11 is 4.94. The van der Waals surface area contributed by atoms with E-state index < -0.39 is 0 Å². The van der Waals surface area contributed by atoms with Gasteiger partial charge in [0, 0.05) is 13.2 Å². The second-order valence-corrected chi connectivity index (χ2v) is 5.36. The Labute approximate surface area is 129 Å². The van der Waals surface area contributed by atoms with Crippen LogP contribution in [0.15, 0.2) is 24.3 Å². The molecule has 1 unspecified atom stereocenters. The molecule has 6 heteroatoms. The number of amides is 1. The third-order valence-corrected chi connectivity index (χ3v) is 3.54. The molecule has 3 N–H and O–H groups in total. The average molecular weight is 308 g/mol. The van der Waals surface area contributed by atoms with Gasteiger partial charge in [0.1, 0.15) is 10.7 Å². The van der Waals surface area contributed by atoms with Gasteiger partial charge < -0.3 is 20.5 Å². The lowest BCUT2D eigenvalue weighted by Gasteiger charge is -2.12. The molecule has 2 rings (SSSR count). The van der Waals surface area contributed by atoms with Crippen LogP contribution in [0.25, 0.3) is 0 Å². The number of carbonyl (C=O) groups is 1. The predicted molar refractivity (Wildman–Crippen MR) is 84.4 cm³/mol. The molecule has 1 aliphatic rings. The first kappa shape index (κ1) is 15.7. The molecule has 0 bridgehead atoms. The summed E-state index contributed by atoms with van der Waals surface area (Å²) in [5.74, 6) is 0.366. The van der Waals surface area contributed by atoms with Gasteiger partial charge in [0.05, 0.1) is 11.7 Å². The number of para-hydroxylation sites is 1. The molecule has 1 amide bonds. The van der Waals surface area contributed by atoms with E-state index in [-0.39, 0.29) is 23.6 Å². The fraction of sp³-hybridized carbons (Fsp3) is 0.467. The second-order valence-electron chi connectivity index (χ2n) is 4.92. The SMILES string of the molecule is NC(=S)c1ccccc1OCC(=O)NCCC1CCCO1. The molecule has 0 radical (unpaired) electrons. The van der Waals surface area contributed by atoms with Crippen LogP contribution in [0.2, 0.25) is 0 Å². The normalized spacial score (nSPS) is 17.4. The molecular formula is C15H20N2O3S. The van der Waals surface area contributed by atoms with Crippen LogP contribution in [-0.2, 0) is 9.53 Å². The van der Waals surface area contributed by atoms with E-state index >= 15 is 0 Å². The first-order chi connectivity index (χ1) is 10.2. The summed E-state index contributed by atoms with van der Waals surface area (Å²) < 4.78 is 11.0. The van der Waals surface area contributed by atoms with Crippen LogP contribution < -0.4 is 15.8 Å². The first-order valence-corrected chi connectivity index (χ1v) is 7.47. The summed E-state index contributed by atoms with van der Waals surface area (Å²) in [5, 5.41) is 2.82. The summed E-state index contributed by atoms with van der Waals surface area (Å²) in [6.45, 7) is 1.38. The van der Waals surface area contributed by atoms with Gasteiger partial charge in [0.2, 0.25) is 0 Å². The van der Waals surface area contributed by atoms with E-state index in [1.807, 2.05) is 12.1 Å². The van der Waals surface area contributed by atoms with Gasteiger partial charge in [-0.2, -0.15) is 0 Å². The topological polar surface area (TPSA) is 73.6 Å². The molecule has 1 fully saturated rings. The lowest BCUT2D eigenvalue weighted by molar-refractivity contribution is -0.123. The highest BCUT2D eigenvalue weighted by molar-refractivity contribution is 7.80. The van der Waals surface area contributed by atoms with Crippen molar-refractivity contribution in [2.75, 3.05) is 19.8 Å². The Kier molecular flexibility index (Phi) is 5.95. The average Bonchev–Trinajstić information content (AvgIpc) is 2.98. The van der Waals surface area contributed by atoms with Crippen molar-refractivity contribution >= 4 is 23.1 Å². The van der Waals surface area contributed by atoms with Crippen molar-refractivity contribution in [1.82, 2.24) is 5.32 Å². The Hall–Kier alpha value is -1.66. The fourth-order valence-electron chi connectivity index (χ4n) is 2.23. The van der Waals surface area contributed by atoms with Crippen molar-refractivity contribution in [2.45, 2.75) is 25.4 Å². The highest BCUT2D eigenvalue weighted by atomic mass is 32.1. The van der Waals surface area contributed by atoms with Gasteiger partial charge in [-0.1, -0.05) is 24.4 Å². The van der Waals surface area contributed by atoms with E-state index in [9.17, 15) is 4.79 Å². The summed E-state index contributed by atoms with van der Waals surface area (Å²) in [5.41, 5.74) is 6.25. The smallest absolute Gasteiger partial charge is 0.257 e. The molecule has 114 valence electrons. The van der Waals surface area contributed by atoms with Crippen molar-refractivity contribution in [1.29, 1.82) is 0 Å². The predicted octanol–water partition coefficient (Wildman–Crippen LogP) is 1.38. The van der Waals surface area contributed by atoms with Gasteiger partial charge in [-0.15, -0.1) is 0 Å². The minimum absolute atomic E-state index is 0.0504. The molecule has 1 aromatic rings. The summed E-state index contributed by atoms with van der Waals surface area (Å²) in [7, 11) is 0. The minimum Gasteiger partial charge on any atom is -0.483 e. The standard InChI is InChI=1S/C15H20N2O3S/c16-15(21)12-5-1-2-6-13(12)20-10-14(18)17-8-7-11-4-3-9-19-11/h1-2,5-6,11H,3-4,7-10H2,(H2,16,21)(H,17,18). The van der Waals surface area contributed by atoms with Crippen LogP contribution in [-0.4, -0.2) is 36.8 Å². The highest BCUT2D eigenvalue weighted by Crippen LogP contribution is 2.17. The zero-order chi connectivity index (χ0) is 15.1. The number of benzene rings is 1. The Morgan fingerprint density at radius 1 is 1.48 bits per heavy atom. The number of carbonyl (C=O) groups excluding carboxylic acids is 1. The number of rotatable bonds is 7. The molecule has 21 heavy (non-hydrogen) atoms. The van der Waals surface area contributed by atoms with Crippen LogP contribution in [0.1, 0.15) is 24.8 Å². The van der Waals surface area contributed by atoms with Crippen molar-refractivity contribution in [3.8, 4) is 5.75 Å². The molecule has 1 heterocycles. The zero-order valence-electron chi connectivity index (χ0n) is 11.8. The first-order valence-electron chi connectivity index (χ1n) is 7.07. The Balaban J connectivity index is 1.72. The van der Waals surface area contributed by atoms with Gasteiger partial charge in [-0.05, 0) is 31.4 Å². The molecule has 0 aliphatic carbocycles. The van der Waals surface area contributed by atoms with Gasteiger partial charge in [0.15, 0.2) is 6.61 Å². The number of nitrogens with two attached hydrogens (primary N) is 1. The van der Waals surface area contributed by atoms with Crippen LogP contribution in [0, 0.1) is 0 Å². The van der Waals surface area contributed by atoms with E-state index in [0.29, 0.717) is 17.9 Å². The van der Waals surface area contributed by atoms with Crippen molar-refractivity contribution in [2.24, 2.45) is 5.73 Å². The number of hydrogen-bond donors (Lipinski definition) is 2. The van der Waals surface area contributed by atoms with E-state index in [1.165, 1.54) is 0 Å². The lowest BCUT2D eigenvalue weighted by atomic mass is 10.2. The summed E-state index contributed by atoms with van der Waals surface area (Å²) in [6.07, 6.45) is 3.31. The maximum Gasteiger partial charge on any atom is 0.257 e. The molecule has 0 saturated carbocycles. The quantitative estimate of drug-likeness (QED) is 0.745. The number of nitrogens with one attached hydrogen (secondary N) is 1. The Morgan fingerprint density at radius 3 is 3.00 bits per heavy atom. The number of thiocarbonyl (C=S) groups is 1. The molecule has 5 nitrogen and oxygen atoms in total. The third-order valence-electron chi connectivity index (χ3n) is 3.32. The van der Waals surface area contributed by atoms with Crippen LogP contribution in [0.4, 0.5) is 0 Å². The molecule has 1 aliphatic heterocycles. The largest absolute Gasteiger partial charge is 0.483 e. The summed E-state index contributed by atoms with van der Waals surface area (Å²) in [6, 6.07) is 7.15. The molecule has 1 saturated heterocycles. The molecular weight excluding hydrogens is 288 g/mol. The van der Waals surface area contributed by atoms with E-state index in [4.69, 9.17) is 27.4 Å². The van der Waals surface area contributed by atoms with E-state index in [1.54, 1.807) is 12.1 Å². The molecule has 0 aromatic heterocycles. The monoisotopic (exact) mass is 308 g/mol. The van der Waals surface area contributed by atoms with Gasteiger partial charge in [-0.25, -0.2) is 0 Å². The second kappa shape index (κ2) is 7.95. The maximum atomic E-state index is 11.7. The van der Waals surface area contributed by atoms with E-state index in [2.05, 4.69) is 5.32 Å². The molecule has 1 aromatic carbocycles. The number of hydrogen-bond acceptors (Lipinski definition) is 4. The number of ether oxygens (including phenoxy) is 2. The molecule has 0 spiro atoms.